The number of carbonyl (C=O) groups is 1. The Hall–Kier alpha value is -2.48. The summed E-state index contributed by atoms with van der Waals surface area (Å²) in [4.78, 5) is 14.5. The molecule has 1 aliphatic heterocycles. The van der Waals surface area contributed by atoms with Crippen molar-refractivity contribution in [3.05, 3.63) is 77.9 Å². The highest BCUT2D eigenvalue weighted by Gasteiger charge is 2.29. The Bertz CT molecular complexity index is 980. The van der Waals surface area contributed by atoms with E-state index in [1.54, 1.807) is 24.3 Å². The molecule has 0 aromatic heterocycles. The third kappa shape index (κ3) is 5.32. The van der Waals surface area contributed by atoms with Crippen LogP contribution < -0.4 is 5.32 Å². The van der Waals surface area contributed by atoms with Gasteiger partial charge < -0.3 is 5.32 Å². The van der Waals surface area contributed by atoms with Crippen molar-refractivity contribution >= 4 is 15.9 Å². The van der Waals surface area contributed by atoms with Crippen LogP contribution in [0.2, 0.25) is 0 Å². The maximum atomic E-state index is 13.0. The third-order valence-corrected chi connectivity index (χ3v) is 6.86. The van der Waals surface area contributed by atoms with E-state index >= 15 is 0 Å². The van der Waals surface area contributed by atoms with E-state index in [1.807, 2.05) is 6.07 Å². The largest absolute Gasteiger partial charge is 0.349 e. The van der Waals surface area contributed by atoms with Crippen molar-refractivity contribution in [1.29, 1.82) is 0 Å². The minimum absolute atomic E-state index is 0.149. The summed E-state index contributed by atoms with van der Waals surface area (Å²) in [7, 11) is -3.64. The van der Waals surface area contributed by atoms with Crippen molar-refractivity contribution in [1.82, 2.24) is 14.5 Å². The fourth-order valence-electron chi connectivity index (χ4n) is 3.41. The maximum Gasteiger partial charge on any atom is 0.251 e. The molecule has 1 saturated heterocycles. The molecule has 1 fully saturated rings. The molecule has 0 aliphatic carbocycles. The summed E-state index contributed by atoms with van der Waals surface area (Å²) in [6.45, 7) is 8.98. The Balaban J connectivity index is 1.65. The van der Waals surface area contributed by atoms with Crippen LogP contribution in [0.4, 0.5) is 0 Å². The fraction of sp³-hybridized carbons (Fsp3) is 0.318. The van der Waals surface area contributed by atoms with E-state index in [-0.39, 0.29) is 10.8 Å². The molecule has 154 valence electrons. The van der Waals surface area contributed by atoms with Crippen molar-refractivity contribution in [3.8, 4) is 0 Å². The van der Waals surface area contributed by atoms with E-state index in [2.05, 4.69) is 41.9 Å². The molecule has 29 heavy (non-hydrogen) atoms. The van der Waals surface area contributed by atoms with Crippen LogP contribution in [0.3, 0.4) is 0 Å². The summed E-state index contributed by atoms with van der Waals surface area (Å²) < 4.78 is 27.6. The molecule has 1 aliphatic rings. The fourth-order valence-corrected chi connectivity index (χ4v) is 4.88. The van der Waals surface area contributed by atoms with Gasteiger partial charge in [-0.2, -0.15) is 4.31 Å². The number of piperazine rings is 1. The van der Waals surface area contributed by atoms with Crippen LogP contribution in [0.5, 0.6) is 0 Å². The molecule has 6 nitrogen and oxygen atoms in total. The molecular formula is C22H27N3O3S. The quantitative estimate of drug-likeness (QED) is 0.708. The number of carbonyl (C=O) groups excluding carboxylic acids is 1. The standard InChI is InChI=1S/C22H27N3O3S/c1-3-10-23-22(26)20-8-5-9-21(16-20)29(27,28)25-13-11-24(12-14-25)17-19-7-4-6-18(2)15-19/h3-9,15-16H,1,10-14,17H2,2H3,(H,23,26). The van der Waals surface area contributed by atoms with Crippen LogP contribution in [0.15, 0.2) is 66.1 Å². The van der Waals surface area contributed by atoms with Gasteiger partial charge in [-0.3, -0.25) is 9.69 Å². The molecule has 7 heteroatoms. The number of aryl methyl sites for hydroxylation is 1. The Labute approximate surface area is 172 Å². The molecule has 1 amide bonds. The van der Waals surface area contributed by atoms with Crippen molar-refractivity contribution in [3.63, 3.8) is 0 Å². The van der Waals surface area contributed by atoms with Gasteiger partial charge >= 0.3 is 0 Å². The molecule has 2 aromatic carbocycles. The first-order valence-corrected chi connectivity index (χ1v) is 11.1. The number of rotatable bonds is 7. The van der Waals surface area contributed by atoms with Crippen molar-refractivity contribution < 1.29 is 13.2 Å². The highest BCUT2D eigenvalue weighted by atomic mass is 32.2. The summed E-state index contributed by atoms with van der Waals surface area (Å²) in [5.41, 5.74) is 2.78. The van der Waals surface area contributed by atoms with Gasteiger partial charge in [-0.1, -0.05) is 42.0 Å². The third-order valence-electron chi connectivity index (χ3n) is 4.96. The van der Waals surface area contributed by atoms with Gasteiger partial charge in [0.25, 0.3) is 5.91 Å². The molecule has 1 heterocycles. The molecule has 0 unspecified atom stereocenters. The van der Waals surface area contributed by atoms with E-state index in [0.29, 0.717) is 38.3 Å². The number of nitrogens with one attached hydrogen (secondary N) is 1. The van der Waals surface area contributed by atoms with Crippen molar-refractivity contribution in [2.75, 3.05) is 32.7 Å². The average molecular weight is 414 g/mol. The lowest BCUT2D eigenvalue weighted by atomic mass is 10.1. The lowest BCUT2D eigenvalue weighted by Crippen LogP contribution is -2.48. The first-order valence-electron chi connectivity index (χ1n) is 9.67. The smallest absolute Gasteiger partial charge is 0.251 e. The van der Waals surface area contributed by atoms with E-state index < -0.39 is 10.0 Å². The second-order valence-electron chi connectivity index (χ2n) is 7.20. The number of hydrogen-bond acceptors (Lipinski definition) is 4. The zero-order valence-electron chi connectivity index (χ0n) is 16.7. The predicted molar refractivity (Wildman–Crippen MR) is 114 cm³/mol. The summed E-state index contributed by atoms with van der Waals surface area (Å²) >= 11 is 0. The van der Waals surface area contributed by atoms with E-state index in [1.165, 1.54) is 21.5 Å². The molecule has 2 aromatic rings. The highest BCUT2D eigenvalue weighted by Crippen LogP contribution is 2.20. The number of hydrogen-bond donors (Lipinski definition) is 1. The van der Waals surface area contributed by atoms with Gasteiger partial charge in [-0.25, -0.2) is 8.42 Å². The lowest BCUT2D eigenvalue weighted by Gasteiger charge is -2.34. The van der Waals surface area contributed by atoms with E-state index in [4.69, 9.17) is 0 Å². The minimum Gasteiger partial charge on any atom is -0.349 e. The van der Waals surface area contributed by atoms with Crippen LogP contribution in [0, 0.1) is 6.92 Å². The summed E-state index contributed by atoms with van der Waals surface area (Å²) in [6.07, 6.45) is 1.58. The van der Waals surface area contributed by atoms with Gasteiger partial charge in [0.05, 0.1) is 4.90 Å². The van der Waals surface area contributed by atoms with Crippen molar-refractivity contribution in [2.24, 2.45) is 0 Å². The van der Waals surface area contributed by atoms with Crippen LogP contribution in [-0.2, 0) is 16.6 Å². The minimum atomic E-state index is -3.64. The normalized spacial score (nSPS) is 15.8. The van der Waals surface area contributed by atoms with Crippen molar-refractivity contribution in [2.45, 2.75) is 18.4 Å². The second kappa shape index (κ2) is 9.35. The molecular weight excluding hydrogens is 386 g/mol. The first kappa shape index (κ1) is 21.2. The second-order valence-corrected chi connectivity index (χ2v) is 9.13. The van der Waals surface area contributed by atoms with Gasteiger partial charge in [0.15, 0.2) is 0 Å². The van der Waals surface area contributed by atoms with E-state index in [9.17, 15) is 13.2 Å². The van der Waals surface area contributed by atoms with Crippen LogP contribution in [0.25, 0.3) is 0 Å². The summed E-state index contributed by atoms with van der Waals surface area (Å²) in [6, 6.07) is 14.6. The topological polar surface area (TPSA) is 69.7 Å². The Kier molecular flexibility index (Phi) is 6.84. The van der Waals surface area contributed by atoms with Crippen LogP contribution >= 0.6 is 0 Å². The van der Waals surface area contributed by atoms with Gasteiger partial charge in [0, 0.05) is 44.8 Å². The van der Waals surface area contributed by atoms with Crippen LogP contribution in [0.1, 0.15) is 21.5 Å². The molecule has 0 atom stereocenters. The molecule has 3 rings (SSSR count). The van der Waals surface area contributed by atoms with Gasteiger partial charge in [-0.15, -0.1) is 6.58 Å². The van der Waals surface area contributed by atoms with Gasteiger partial charge in [-0.05, 0) is 30.7 Å². The molecule has 0 spiro atoms. The average Bonchev–Trinajstić information content (AvgIpc) is 2.72. The Morgan fingerprint density at radius 1 is 1.10 bits per heavy atom. The summed E-state index contributed by atoms with van der Waals surface area (Å²) in [5.74, 6) is -0.315. The number of sulfonamides is 1. The monoisotopic (exact) mass is 413 g/mol. The molecule has 0 radical (unpaired) electrons. The number of benzene rings is 2. The molecule has 1 N–H and O–H groups in total. The molecule has 0 bridgehead atoms. The van der Waals surface area contributed by atoms with Gasteiger partial charge in [0.2, 0.25) is 10.0 Å². The predicted octanol–water partition coefficient (Wildman–Crippen LogP) is 2.42. The van der Waals surface area contributed by atoms with Crippen LogP contribution in [-0.4, -0.2) is 56.3 Å². The SMILES string of the molecule is C=CCNC(=O)c1cccc(S(=O)(=O)N2CCN(Cc3cccc(C)c3)CC2)c1. The number of nitrogens with zero attached hydrogens (tertiary/aromatic N) is 2. The maximum absolute atomic E-state index is 13.0. The Morgan fingerprint density at radius 3 is 2.52 bits per heavy atom. The highest BCUT2D eigenvalue weighted by molar-refractivity contribution is 7.89. The summed E-state index contributed by atoms with van der Waals surface area (Å²) in [5, 5.41) is 2.67. The zero-order valence-corrected chi connectivity index (χ0v) is 17.5. The first-order chi connectivity index (χ1) is 13.9. The lowest BCUT2D eigenvalue weighted by molar-refractivity contribution is 0.0958. The van der Waals surface area contributed by atoms with Gasteiger partial charge in [0.1, 0.15) is 0 Å². The Morgan fingerprint density at radius 2 is 1.83 bits per heavy atom. The number of amides is 1. The van der Waals surface area contributed by atoms with E-state index in [0.717, 1.165) is 6.54 Å². The zero-order chi connectivity index (χ0) is 20.9. The molecule has 0 saturated carbocycles.